The number of ketones is 1. The summed E-state index contributed by atoms with van der Waals surface area (Å²) in [5, 5.41) is 13.3. The van der Waals surface area contributed by atoms with E-state index >= 15 is 0 Å². The zero-order valence-corrected chi connectivity index (χ0v) is 24.2. The Morgan fingerprint density at radius 3 is 2.42 bits per heavy atom. The number of nitrogens with one attached hydrogen (secondary N) is 2. The molecule has 0 aliphatic heterocycles. The van der Waals surface area contributed by atoms with Crippen LogP contribution in [-0.4, -0.2) is 55.7 Å². The summed E-state index contributed by atoms with van der Waals surface area (Å²) in [4.78, 5) is 61.3. The van der Waals surface area contributed by atoms with Crippen molar-refractivity contribution in [3.05, 3.63) is 88.3 Å². The van der Waals surface area contributed by atoms with Crippen molar-refractivity contribution in [1.29, 1.82) is 0 Å². The smallest absolute Gasteiger partial charge is 0.411 e. The largest absolute Gasteiger partial charge is 0.453 e. The molecule has 1 fully saturated rings. The minimum atomic E-state index is -1.02. The lowest BCUT2D eigenvalue weighted by Crippen LogP contribution is -2.46. The molecule has 43 heavy (non-hydrogen) atoms. The first-order chi connectivity index (χ1) is 20.6. The Morgan fingerprint density at radius 2 is 1.79 bits per heavy atom. The third-order valence-corrected chi connectivity index (χ3v) is 7.31. The highest BCUT2D eigenvalue weighted by atomic mass is 16.5. The molecule has 222 valence electrons. The van der Waals surface area contributed by atoms with Gasteiger partial charge in [-0.1, -0.05) is 50.2 Å². The second-order valence-electron chi connectivity index (χ2n) is 10.6. The Bertz CT molecular complexity index is 1710. The number of hydrogen-bond acceptors (Lipinski definition) is 10. The van der Waals surface area contributed by atoms with Gasteiger partial charge in [0.1, 0.15) is 18.1 Å². The van der Waals surface area contributed by atoms with Gasteiger partial charge in [0.15, 0.2) is 0 Å². The quantitative estimate of drug-likeness (QED) is 0.263. The maximum absolute atomic E-state index is 13.5. The standard InChI is InChI=1S/C30H31N7O6/c1-17(2)22(24(39)26-35-36-28(43-26)30(13-14-30)20-12-8-9-15-31-20)33-21(38)16-37-25(19-10-6-5-7-11-19)32-18(3)23(27(37)40)34-29(41)42-4/h5-12,15,17,22H,13-14,16H2,1-4H3,(H,33,38)(H,34,41)/t22-/m0/s1. The number of aryl methyl sites for hydroxylation is 1. The van der Waals surface area contributed by atoms with E-state index in [4.69, 9.17) is 4.42 Å². The Labute approximate surface area is 246 Å². The highest BCUT2D eigenvalue weighted by Crippen LogP contribution is 2.52. The van der Waals surface area contributed by atoms with Gasteiger partial charge in [-0.3, -0.25) is 29.3 Å². The number of amides is 2. The van der Waals surface area contributed by atoms with E-state index in [9.17, 15) is 19.2 Å². The van der Waals surface area contributed by atoms with Crippen LogP contribution in [0.2, 0.25) is 0 Å². The first kappa shape index (κ1) is 29.3. The zero-order chi connectivity index (χ0) is 30.7. The lowest BCUT2D eigenvalue weighted by Gasteiger charge is -2.21. The van der Waals surface area contributed by atoms with Crippen LogP contribution in [0.25, 0.3) is 11.4 Å². The van der Waals surface area contributed by atoms with Crippen LogP contribution in [-0.2, 0) is 21.5 Å². The number of Topliss-reactive ketones (excluding diaryl/α,β-unsaturated/α-hetero) is 1. The molecule has 1 aliphatic carbocycles. The van der Waals surface area contributed by atoms with E-state index in [0.29, 0.717) is 11.5 Å². The average Bonchev–Trinajstić information content (AvgIpc) is 3.68. The van der Waals surface area contributed by atoms with E-state index in [1.165, 1.54) is 7.11 Å². The molecule has 0 bridgehead atoms. The fraction of sp³-hybridized carbons (Fsp3) is 0.333. The zero-order valence-electron chi connectivity index (χ0n) is 24.2. The molecule has 1 aromatic carbocycles. The number of benzene rings is 1. The summed E-state index contributed by atoms with van der Waals surface area (Å²) < 4.78 is 11.6. The number of anilines is 1. The normalized spacial score (nSPS) is 14.2. The van der Waals surface area contributed by atoms with E-state index in [1.807, 2.05) is 24.3 Å². The summed E-state index contributed by atoms with van der Waals surface area (Å²) in [6, 6.07) is 13.4. The van der Waals surface area contributed by atoms with Crippen LogP contribution in [0.4, 0.5) is 10.5 Å². The van der Waals surface area contributed by atoms with E-state index in [-0.39, 0.29) is 29.0 Å². The summed E-state index contributed by atoms with van der Waals surface area (Å²) in [6.45, 7) is 4.61. The fourth-order valence-corrected chi connectivity index (χ4v) is 4.81. The number of pyridine rings is 1. The first-order valence-corrected chi connectivity index (χ1v) is 13.8. The molecule has 2 amide bonds. The molecule has 13 heteroatoms. The van der Waals surface area contributed by atoms with Crippen LogP contribution >= 0.6 is 0 Å². The molecule has 1 saturated carbocycles. The van der Waals surface area contributed by atoms with Crippen molar-refractivity contribution in [2.45, 2.75) is 51.6 Å². The van der Waals surface area contributed by atoms with Gasteiger partial charge in [-0.05, 0) is 37.8 Å². The summed E-state index contributed by atoms with van der Waals surface area (Å²) in [6.07, 6.45) is 2.36. The van der Waals surface area contributed by atoms with Gasteiger partial charge < -0.3 is 14.5 Å². The van der Waals surface area contributed by atoms with E-state index in [0.717, 1.165) is 23.1 Å². The molecular formula is C30H31N7O6. The minimum Gasteiger partial charge on any atom is -0.453 e. The molecule has 1 atom stereocenters. The number of carbonyl (C=O) groups is 3. The number of carbonyl (C=O) groups excluding carboxylic acids is 3. The maximum Gasteiger partial charge on any atom is 0.411 e. The molecule has 0 spiro atoms. The van der Waals surface area contributed by atoms with Crippen LogP contribution in [0.5, 0.6) is 0 Å². The van der Waals surface area contributed by atoms with Crippen LogP contribution < -0.4 is 16.2 Å². The molecule has 5 rings (SSSR count). The second kappa shape index (κ2) is 12.0. The van der Waals surface area contributed by atoms with Gasteiger partial charge in [0.05, 0.1) is 30.0 Å². The Balaban J connectivity index is 1.41. The average molecular weight is 586 g/mol. The highest BCUT2D eigenvalue weighted by Gasteiger charge is 2.52. The molecule has 1 aliphatic rings. The van der Waals surface area contributed by atoms with Gasteiger partial charge in [-0.15, -0.1) is 10.2 Å². The number of aromatic nitrogens is 5. The summed E-state index contributed by atoms with van der Waals surface area (Å²) in [5.41, 5.74) is 0.302. The van der Waals surface area contributed by atoms with Crippen molar-refractivity contribution in [3.63, 3.8) is 0 Å². The molecule has 2 N–H and O–H groups in total. The van der Waals surface area contributed by atoms with Crippen LogP contribution in [0.15, 0.2) is 63.9 Å². The first-order valence-electron chi connectivity index (χ1n) is 13.8. The molecule has 3 heterocycles. The lowest BCUT2D eigenvalue weighted by molar-refractivity contribution is -0.122. The lowest BCUT2D eigenvalue weighted by atomic mass is 9.99. The van der Waals surface area contributed by atoms with Gasteiger partial charge in [-0.2, -0.15) is 0 Å². The van der Waals surface area contributed by atoms with Crippen molar-refractivity contribution < 1.29 is 23.5 Å². The van der Waals surface area contributed by atoms with Gasteiger partial charge >= 0.3 is 6.09 Å². The van der Waals surface area contributed by atoms with E-state index in [1.54, 1.807) is 51.2 Å². The summed E-state index contributed by atoms with van der Waals surface area (Å²) in [5.74, 6) is -1.24. The van der Waals surface area contributed by atoms with Gasteiger partial charge in [-0.25, -0.2) is 9.78 Å². The summed E-state index contributed by atoms with van der Waals surface area (Å²) >= 11 is 0. The third-order valence-electron chi connectivity index (χ3n) is 7.31. The van der Waals surface area contributed by atoms with E-state index < -0.39 is 41.3 Å². The summed E-state index contributed by atoms with van der Waals surface area (Å²) in [7, 11) is 1.17. The van der Waals surface area contributed by atoms with Crippen LogP contribution in [0.1, 0.15) is 54.7 Å². The number of methoxy groups -OCH3 is 1. The highest BCUT2D eigenvalue weighted by molar-refractivity contribution is 5.98. The number of ether oxygens (including phenoxy) is 1. The molecule has 0 unspecified atom stereocenters. The SMILES string of the molecule is COC(=O)Nc1c(C)nc(-c2ccccc2)n(CC(=O)N[C@H](C(=O)c2nnc(C3(c4ccccn4)CC3)o2)C(C)C)c1=O. The topological polar surface area (TPSA) is 171 Å². The Hall–Kier alpha value is -5.20. The van der Waals surface area contributed by atoms with Crippen molar-refractivity contribution in [3.8, 4) is 11.4 Å². The molecule has 13 nitrogen and oxygen atoms in total. The van der Waals surface area contributed by atoms with Crippen molar-refractivity contribution in [2.24, 2.45) is 5.92 Å². The minimum absolute atomic E-state index is 0.129. The van der Waals surface area contributed by atoms with Crippen LogP contribution in [0.3, 0.4) is 0 Å². The second-order valence-corrected chi connectivity index (χ2v) is 10.6. The number of rotatable bonds is 10. The Kier molecular flexibility index (Phi) is 8.15. The molecule has 0 saturated heterocycles. The third kappa shape index (κ3) is 5.92. The van der Waals surface area contributed by atoms with Crippen molar-refractivity contribution >= 4 is 23.5 Å². The van der Waals surface area contributed by atoms with Gasteiger partial charge in [0, 0.05) is 11.8 Å². The predicted molar refractivity (Wildman–Crippen MR) is 154 cm³/mol. The van der Waals surface area contributed by atoms with Crippen molar-refractivity contribution in [1.82, 2.24) is 30.0 Å². The molecule has 3 aromatic heterocycles. The number of hydrogen-bond donors (Lipinski definition) is 2. The predicted octanol–water partition coefficient (Wildman–Crippen LogP) is 3.28. The maximum atomic E-state index is 13.5. The van der Waals surface area contributed by atoms with Crippen molar-refractivity contribution in [2.75, 3.05) is 12.4 Å². The molecular weight excluding hydrogens is 554 g/mol. The van der Waals surface area contributed by atoms with Gasteiger partial charge in [0.2, 0.25) is 17.6 Å². The fourth-order valence-electron chi connectivity index (χ4n) is 4.81. The van der Waals surface area contributed by atoms with Gasteiger partial charge in [0.25, 0.3) is 11.4 Å². The molecule has 0 radical (unpaired) electrons. The number of nitrogens with zero attached hydrogens (tertiary/aromatic N) is 5. The molecule has 4 aromatic rings. The monoisotopic (exact) mass is 585 g/mol. The van der Waals surface area contributed by atoms with Crippen LogP contribution in [0, 0.1) is 12.8 Å². The van der Waals surface area contributed by atoms with E-state index in [2.05, 4.69) is 35.5 Å². The Morgan fingerprint density at radius 1 is 1.07 bits per heavy atom.